The zero-order valence-electron chi connectivity index (χ0n) is 11.6. The summed E-state index contributed by atoms with van der Waals surface area (Å²) in [6.45, 7) is 2.85. The molecule has 0 saturated heterocycles. The first-order valence-electron chi connectivity index (χ1n) is 6.99. The van der Waals surface area contributed by atoms with Crippen molar-refractivity contribution in [2.24, 2.45) is 7.05 Å². The van der Waals surface area contributed by atoms with Crippen LogP contribution in [0.3, 0.4) is 0 Å². The Hall–Kier alpha value is -1.78. The number of rotatable bonds is 4. The highest BCUT2D eigenvalue weighted by Crippen LogP contribution is 2.28. The Morgan fingerprint density at radius 2 is 2.11 bits per heavy atom. The van der Waals surface area contributed by atoms with Gasteiger partial charge in [0.2, 0.25) is 0 Å². The average molecular weight is 259 g/mol. The summed E-state index contributed by atoms with van der Waals surface area (Å²) in [5.74, 6) is 0.955. The Morgan fingerprint density at radius 3 is 2.79 bits per heavy atom. The molecule has 1 N–H and O–H groups in total. The standard InChI is InChI=1S/C14H21N5/c1-11-9-18(2)17-14(11)15-7-12-8-16-19(10-12)13-5-3-4-6-13/h8-10,13H,3-7H2,1-2H3,(H,15,17). The number of anilines is 1. The molecule has 0 amide bonds. The number of aromatic nitrogens is 4. The summed E-state index contributed by atoms with van der Waals surface area (Å²) in [6, 6.07) is 0.616. The lowest BCUT2D eigenvalue weighted by molar-refractivity contribution is 0.466. The SMILES string of the molecule is Cc1cn(C)nc1NCc1cnn(C2CCCC2)c1. The molecule has 1 saturated carbocycles. The molecule has 1 aliphatic carbocycles. The van der Waals surface area contributed by atoms with Gasteiger partial charge < -0.3 is 5.32 Å². The minimum Gasteiger partial charge on any atom is -0.364 e. The van der Waals surface area contributed by atoms with Gasteiger partial charge in [0.05, 0.1) is 12.2 Å². The monoisotopic (exact) mass is 259 g/mol. The van der Waals surface area contributed by atoms with Gasteiger partial charge in [-0.2, -0.15) is 10.2 Å². The number of nitrogens with zero attached hydrogens (tertiary/aromatic N) is 4. The third-order valence-corrected chi connectivity index (χ3v) is 3.83. The highest BCUT2D eigenvalue weighted by molar-refractivity contribution is 5.42. The molecule has 19 heavy (non-hydrogen) atoms. The van der Waals surface area contributed by atoms with Gasteiger partial charge in [0.1, 0.15) is 0 Å². The van der Waals surface area contributed by atoms with Crippen LogP contribution in [0.4, 0.5) is 5.82 Å². The maximum absolute atomic E-state index is 4.49. The molecule has 0 atom stereocenters. The molecule has 2 aromatic rings. The zero-order valence-corrected chi connectivity index (χ0v) is 11.6. The van der Waals surface area contributed by atoms with Crippen molar-refractivity contribution in [2.45, 2.75) is 45.2 Å². The van der Waals surface area contributed by atoms with E-state index < -0.39 is 0 Å². The van der Waals surface area contributed by atoms with Crippen molar-refractivity contribution >= 4 is 5.82 Å². The lowest BCUT2D eigenvalue weighted by atomic mass is 10.2. The number of aryl methyl sites for hydroxylation is 2. The third-order valence-electron chi connectivity index (χ3n) is 3.83. The Bertz CT molecular complexity index is 548. The summed E-state index contributed by atoms with van der Waals surface area (Å²) in [5, 5.41) is 12.2. The maximum Gasteiger partial charge on any atom is 0.151 e. The van der Waals surface area contributed by atoms with E-state index in [-0.39, 0.29) is 0 Å². The summed E-state index contributed by atoms with van der Waals surface area (Å²) in [5.41, 5.74) is 2.39. The minimum atomic E-state index is 0.616. The summed E-state index contributed by atoms with van der Waals surface area (Å²) in [7, 11) is 1.94. The first kappa shape index (κ1) is 12.3. The molecule has 0 radical (unpaired) electrons. The molecule has 0 aliphatic heterocycles. The van der Waals surface area contributed by atoms with Crippen LogP contribution in [0.1, 0.15) is 42.9 Å². The van der Waals surface area contributed by atoms with Crippen LogP contribution < -0.4 is 5.32 Å². The van der Waals surface area contributed by atoms with Crippen LogP contribution in [-0.2, 0) is 13.6 Å². The van der Waals surface area contributed by atoms with Crippen LogP contribution in [0.2, 0.25) is 0 Å². The second kappa shape index (κ2) is 5.07. The molecule has 102 valence electrons. The molecule has 1 aliphatic rings. The van der Waals surface area contributed by atoms with Gasteiger partial charge in [0, 0.05) is 37.1 Å². The Balaban J connectivity index is 1.62. The Kier molecular flexibility index (Phi) is 3.27. The van der Waals surface area contributed by atoms with Crippen molar-refractivity contribution < 1.29 is 0 Å². The number of hydrogen-bond donors (Lipinski definition) is 1. The number of hydrogen-bond acceptors (Lipinski definition) is 3. The van der Waals surface area contributed by atoms with E-state index >= 15 is 0 Å². The van der Waals surface area contributed by atoms with Crippen LogP contribution in [0.5, 0.6) is 0 Å². The van der Waals surface area contributed by atoms with Gasteiger partial charge in [-0.1, -0.05) is 12.8 Å². The van der Waals surface area contributed by atoms with E-state index in [0.29, 0.717) is 6.04 Å². The van der Waals surface area contributed by atoms with Crippen LogP contribution >= 0.6 is 0 Å². The summed E-state index contributed by atoms with van der Waals surface area (Å²) in [4.78, 5) is 0. The second-order valence-corrected chi connectivity index (χ2v) is 5.45. The second-order valence-electron chi connectivity index (χ2n) is 5.45. The molecule has 2 heterocycles. The van der Waals surface area contributed by atoms with Gasteiger partial charge in [-0.25, -0.2) is 0 Å². The van der Waals surface area contributed by atoms with Crippen molar-refractivity contribution in [3.05, 3.63) is 29.7 Å². The minimum absolute atomic E-state index is 0.616. The van der Waals surface area contributed by atoms with Gasteiger partial charge in [-0.15, -0.1) is 0 Å². The van der Waals surface area contributed by atoms with E-state index in [9.17, 15) is 0 Å². The molecule has 0 unspecified atom stereocenters. The van der Waals surface area contributed by atoms with E-state index in [2.05, 4.69) is 33.3 Å². The van der Waals surface area contributed by atoms with Gasteiger partial charge in [0.15, 0.2) is 5.82 Å². The quantitative estimate of drug-likeness (QED) is 0.918. The number of nitrogens with one attached hydrogen (secondary N) is 1. The summed E-state index contributed by atoms with van der Waals surface area (Å²) < 4.78 is 3.97. The molecule has 5 heteroatoms. The lowest BCUT2D eigenvalue weighted by Crippen LogP contribution is -2.05. The topological polar surface area (TPSA) is 47.7 Å². The van der Waals surface area contributed by atoms with Crippen molar-refractivity contribution in [1.29, 1.82) is 0 Å². The smallest absolute Gasteiger partial charge is 0.151 e. The Labute approximate surface area is 113 Å². The van der Waals surface area contributed by atoms with Crippen molar-refractivity contribution in [2.75, 3.05) is 5.32 Å². The first-order chi connectivity index (χ1) is 9.22. The normalized spacial score (nSPS) is 16.1. The maximum atomic E-state index is 4.49. The highest BCUT2D eigenvalue weighted by Gasteiger charge is 2.17. The van der Waals surface area contributed by atoms with E-state index in [1.807, 2.05) is 24.1 Å². The Morgan fingerprint density at radius 1 is 1.32 bits per heavy atom. The molecular weight excluding hydrogens is 238 g/mol. The largest absolute Gasteiger partial charge is 0.364 e. The van der Waals surface area contributed by atoms with Crippen molar-refractivity contribution in [3.63, 3.8) is 0 Å². The summed E-state index contributed by atoms with van der Waals surface area (Å²) in [6.07, 6.45) is 11.4. The lowest BCUT2D eigenvalue weighted by Gasteiger charge is -2.08. The molecule has 0 bridgehead atoms. The van der Waals surface area contributed by atoms with Crippen LogP contribution in [0.25, 0.3) is 0 Å². The highest BCUT2D eigenvalue weighted by atomic mass is 15.3. The van der Waals surface area contributed by atoms with E-state index in [1.54, 1.807) is 0 Å². The first-order valence-corrected chi connectivity index (χ1v) is 6.99. The van der Waals surface area contributed by atoms with Gasteiger partial charge >= 0.3 is 0 Å². The van der Waals surface area contributed by atoms with Gasteiger partial charge in [0.25, 0.3) is 0 Å². The molecule has 2 aromatic heterocycles. The van der Waals surface area contributed by atoms with Crippen molar-refractivity contribution in [3.8, 4) is 0 Å². The fraction of sp³-hybridized carbons (Fsp3) is 0.571. The van der Waals surface area contributed by atoms with Gasteiger partial charge in [-0.05, 0) is 19.8 Å². The molecule has 5 nitrogen and oxygen atoms in total. The predicted octanol–water partition coefficient (Wildman–Crippen LogP) is 2.65. The predicted molar refractivity (Wildman–Crippen MR) is 75.0 cm³/mol. The fourth-order valence-electron chi connectivity index (χ4n) is 2.80. The van der Waals surface area contributed by atoms with Crippen LogP contribution in [0.15, 0.2) is 18.6 Å². The molecule has 0 spiro atoms. The van der Waals surface area contributed by atoms with E-state index in [1.165, 1.54) is 36.8 Å². The van der Waals surface area contributed by atoms with Crippen LogP contribution in [0, 0.1) is 6.92 Å². The fourth-order valence-corrected chi connectivity index (χ4v) is 2.80. The van der Waals surface area contributed by atoms with E-state index in [0.717, 1.165) is 12.4 Å². The third kappa shape index (κ3) is 2.64. The van der Waals surface area contributed by atoms with Gasteiger partial charge in [-0.3, -0.25) is 9.36 Å². The molecule has 0 aromatic carbocycles. The molecule has 1 fully saturated rings. The summed E-state index contributed by atoms with van der Waals surface area (Å²) >= 11 is 0. The van der Waals surface area contributed by atoms with Crippen molar-refractivity contribution in [1.82, 2.24) is 19.6 Å². The average Bonchev–Trinajstić information content (AvgIpc) is 3.07. The molecular formula is C14H21N5. The van der Waals surface area contributed by atoms with Crippen LogP contribution in [-0.4, -0.2) is 19.6 Å². The molecule has 3 rings (SSSR count). The zero-order chi connectivity index (χ0) is 13.2. The van der Waals surface area contributed by atoms with E-state index in [4.69, 9.17) is 0 Å².